The first-order valence-corrected chi connectivity index (χ1v) is 7.15. The van der Waals surface area contributed by atoms with Crippen LogP contribution in [0.25, 0.3) is 0 Å². The minimum absolute atomic E-state index is 0.618. The smallest absolute Gasteiger partial charge is 0.208 e. The first-order chi connectivity index (χ1) is 8.76. The molecule has 0 amide bonds. The molecule has 1 saturated carbocycles. The van der Waals surface area contributed by atoms with E-state index in [0.29, 0.717) is 12.1 Å². The lowest BCUT2D eigenvalue weighted by Crippen LogP contribution is -2.56. The van der Waals surface area contributed by atoms with Gasteiger partial charge in [-0.2, -0.15) is 0 Å². The Morgan fingerprint density at radius 2 is 2.33 bits per heavy atom. The summed E-state index contributed by atoms with van der Waals surface area (Å²) in [5.74, 6) is 2.69. The molecule has 2 aliphatic rings. The van der Waals surface area contributed by atoms with Crippen molar-refractivity contribution in [3.63, 3.8) is 0 Å². The molecule has 0 aromatic carbocycles. The van der Waals surface area contributed by atoms with Crippen molar-refractivity contribution in [1.29, 1.82) is 0 Å². The van der Waals surface area contributed by atoms with Gasteiger partial charge in [0.1, 0.15) is 5.76 Å². The van der Waals surface area contributed by atoms with Gasteiger partial charge in [-0.25, -0.2) is 4.98 Å². The third-order valence-corrected chi connectivity index (χ3v) is 4.23. The Morgan fingerprint density at radius 1 is 1.50 bits per heavy atom. The topological polar surface area (TPSA) is 41.3 Å². The quantitative estimate of drug-likeness (QED) is 0.885. The molecule has 1 N–H and O–H groups in total. The van der Waals surface area contributed by atoms with Gasteiger partial charge in [-0.1, -0.05) is 6.92 Å². The standard InChI is InChI=1S/C14H23N3O/c1-3-12-7-15-13(11-4-5-11)8-17(12)9-14-16-6-10(2)18-14/h6,11-13,15H,3-5,7-9H2,1-2H3. The lowest BCUT2D eigenvalue weighted by Gasteiger charge is -2.39. The van der Waals surface area contributed by atoms with Gasteiger partial charge < -0.3 is 9.73 Å². The summed E-state index contributed by atoms with van der Waals surface area (Å²) >= 11 is 0. The highest BCUT2D eigenvalue weighted by Gasteiger charge is 2.36. The Bertz CT molecular complexity index is 399. The third-order valence-electron chi connectivity index (χ3n) is 4.23. The Morgan fingerprint density at radius 3 is 2.94 bits per heavy atom. The van der Waals surface area contributed by atoms with E-state index in [4.69, 9.17) is 4.42 Å². The molecule has 2 atom stereocenters. The first kappa shape index (κ1) is 12.2. The highest BCUT2D eigenvalue weighted by molar-refractivity contribution is 4.97. The molecule has 2 fully saturated rings. The predicted octanol–water partition coefficient (Wildman–Crippen LogP) is 1.95. The minimum Gasteiger partial charge on any atom is -0.445 e. The molecule has 100 valence electrons. The van der Waals surface area contributed by atoms with Crippen LogP contribution in [0, 0.1) is 12.8 Å². The zero-order valence-corrected chi connectivity index (χ0v) is 11.4. The van der Waals surface area contributed by atoms with Crippen molar-refractivity contribution in [2.75, 3.05) is 13.1 Å². The van der Waals surface area contributed by atoms with Crippen LogP contribution in [0.4, 0.5) is 0 Å². The molecule has 18 heavy (non-hydrogen) atoms. The van der Waals surface area contributed by atoms with Crippen LogP contribution >= 0.6 is 0 Å². The lowest BCUT2D eigenvalue weighted by molar-refractivity contribution is 0.101. The molecular weight excluding hydrogens is 226 g/mol. The molecule has 0 spiro atoms. The van der Waals surface area contributed by atoms with Crippen LogP contribution in [0.15, 0.2) is 10.6 Å². The average Bonchev–Trinajstić information content (AvgIpc) is 3.14. The second kappa shape index (κ2) is 5.02. The van der Waals surface area contributed by atoms with Crippen molar-refractivity contribution < 1.29 is 4.42 Å². The number of aryl methyl sites for hydroxylation is 1. The van der Waals surface area contributed by atoms with E-state index in [1.54, 1.807) is 0 Å². The number of hydrogen-bond donors (Lipinski definition) is 1. The normalized spacial score (nSPS) is 29.7. The third kappa shape index (κ3) is 2.59. The molecule has 3 rings (SSSR count). The van der Waals surface area contributed by atoms with Crippen LogP contribution in [0.1, 0.15) is 37.8 Å². The largest absolute Gasteiger partial charge is 0.445 e. The van der Waals surface area contributed by atoms with Crippen molar-refractivity contribution in [2.24, 2.45) is 5.92 Å². The number of rotatable bonds is 4. The molecule has 1 saturated heterocycles. The zero-order chi connectivity index (χ0) is 12.5. The molecule has 4 nitrogen and oxygen atoms in total. The number of hydrogen-bond acceptors (Lipinski definition) is 4. The van der Waals surface area contributed by atoms with Gasteiger partial charge in [0.2, 0.25) is 5.89 Å². The van der Waals surface area contributed by atoms with Gasteiger partial charge >= 0.3 is 0 Å². The maximum absolute atomic E-state index is 5.62. The summed E-state index contributed by atoms with van der Waals surface area (Å²) in [6.07, 6.45) is 5.81. The maximum atomic E-state index is 5.62. The summed E-state index contributed by atoms with van der Waals surface area (Å²) in [5, 5.41) is 3.71. The van der Waals surface area contributed by atoms with E-state index in [0.717, 1.165) is 37.2 Å². The monoisotopic (exact) mass is 249 g/mol. The summed E-state index contributed by atoms with van der Waals surface area (Å²) in [6.45, 7) is 7.33. The van der Waals surface area contributed by atoms with Crippen molar-refractivity contribution in [2.45, 2.75) is 51.7 Å². The number of nitrogens with one attached hydrogen (secondary N) is 1. The Kier molecular flexibility index (Phi) is 3.39. The van der Waals surface area contributed by atoms with Crippen LogP contribution in [0.5, 0.6) is 0 Å². The Balaban J connectivity index is 1.65. The van der Waals surface area contributed by atoms with E-state index >= 15 is 0 Å². The van der Waals surface area contributed by atoms with Gasteiger partial charge in [-0.05, 0) is 32.1 Å². The van der Waals surface area contributed by atoms with Gasteiger partial charge in [-0.3, -0.25) is 4.90 Å². The SMILES string of the molecule is CCC1CNC(C2CC2)CN1Cc1ncc(C)o1. The van der Waals surface area contributed by atoms with Crippen LogP contribution in [0.3, 0.4) is 0 Å². The fourth-order valence-corrected chi connectivity index (χ4v) is 2.94. The number of nitrogens with zero attached hydrogens (tertiary/aromatic N) is 2. The second-order valence-corrected chi connectivity index (χ2v) is 5.71. The van der Waals surface area contributed by atoms with E-state index in [2.05, 4.69) is 22.1 Å². The van der Waals surface area contributed by atoms with Crippen molar-refractivity contribution >= 4 is 0 Å². The molecule has 1 aliphatic heterocycles. The van der Waals surface area contributed by atoms with E-state index in [9.17, 15) is 0 Å². The Hall–Kier alpha value is -0.870. The maximum Gasteiger partial charge on any atom is 0.208 e. The van der Waals surface area contributed by atoms with E-state index in [-0.39, 0.29) is 0 Å². The van der Waals surface area contributed by atoms with E-state index < -0.39 is 0 Å². The molecule has 2 unspecified atom stereocenters. The summed E-state index contributed by atoms with van der Waals surface area (Å²) < 4.78 is 5.62. The van der Waals surface area contributed by atoms with Crippen molar-refractivity contribution in [3.8, 4) is 0 Å². The molecule has 4 heteroatoms. The van der Waals surface area contributed by atoms with Crippen molar-refractivity contribution in [1.82, 2.24) is 15.2 Å². The number of oxazole rings is 1. The zero-order valence-electron chi connectivity index (χ0n) is 11.4. The van der Waals surface area contributed by atoms with Crippen LogP contribution in [-0.2, 0) is 6.54 Å². The molecule has 2 heterocycles. The fourth-order valence-electron chi connectivity index (χ4n) is 2.94. The van der Waals surface area contributed by atoms with Gasteiger partial charge in [0.05, 0.1) is 12.7 Å². The summed E-state index contributed by atoms with van der Waals surface area (Å²) in [4.78, 5) is 6.88. The molecule has 1 aromatic heterocycles. The average molecular weight is 249 g/mol. The van der Waals surface area contributed by atoms with Gasteiger partial charge in [0, 0.05) is 25.2 Å². The molecule has 0 bridgehead atoms. The summed E-state index contributed by atoms with van der Waals surface area (Å²) in [7, 11) is 0. The molecular formula is C14H23N3O. The van der Waals surface area contributed by atoms with E-state index in [1.807, 2.05) is 13.1 Å². The van der Waals surface area contributed by atoms with Crippen molar-refractivity contribution in [3.05, 3.63) is 17.8 Å². The molecule has 0 radical (unpaired) electrons. The number of piperazine rings is 1. The minimum atomic E-state index is 0.618. The van der Waals surface area contributed by atoms with Crippen LogP contribution < -0.4 is 5.32 Å². The van der Waals surface area contributed by atoms with Gasteiger partial charge in [-0.15, -0.1) is 0 Å². The molecule has 1 aliphatic carbocycles. The summed E-state index contributed by atoms with van der Waals surface area (Å²) in [5.41, 5.74) is 0. The second-order valence-electron chi connectivity index (χ2n) is 5.71. The number of aromatic nitrogens is 1. The van der Waals surface area contributed by atoms with Gasteiger partial charge in [0.25, 0.3) is 0 Å². The predicted molar refractivity (Wildman–Crippen MR) is 70.2 cm³/mol. The van der Waals surface area contributed by atoms with E-state index in [1.165, 1.54) is 19.3 Å². The van der Waals surface area contributed by atoms with Gasteiger partial charge in [0.15, 0.2) is 0 Å². The lowest BCUT2D eigenvalue weighted by atomic mass is 10.0. The molecule has 1 aromatic rings. The van der Waals surface area contributed by atoms with Crippen LogP contribution in [0.2, 0.25) is 0 Å². The van der Waals surface area contributed by atoms with Crippen LogP contribution in [-0.4, -0.2) is 35.1 Å². The summed E-state index contributed by atoms with van der Waals surface area (Å²) in [6, 6.07) is 1.30. The highest BCUT2D eigenvalue weighted by Crippen LogP contribution is 2.34. The first-order valence-electron chi connectivity index (χ1n) is 7.15. The fraction of sp³-hybridized carbons (Fsp3) is 0.786. The Labute approximate surface area is 109 Å². The highest BCUT2D eigenvalue weighted by atomic mass is 16.4.